The minimum Gasteiger partial charge on any atom is -0.507 e. The number of ether oxygens (including phenoxy) is 2. The minimum atomic E-state index is -5.16. The Kier molecular flexibility index (Phi) is 6.52. The Hall–Kier alpha value is -2.78. The van der Waals surface area contributed by atoms with E-state index >= 15 is 0 Å². The number of benzene rings is 2. The number of aliphatic hydroxyl groups excluding tert-OH is 3. The first-order chi connectivity index (χ1) is 16.0. The van der Waals surface area contributed by atoms with Gasteiger partial charge in [0.15, 0.2) is 5.78 Å². The molecule has 6 atom stereocenters. The normalized spacial score (nSPS) is 29.4. The Balaban J connectivity index is 1.83. The van der Waals surface area contributed by atoms with Crippen molar-refractivity contribution >= 4 is 16.2 Å². The van der Waals surface area contributed by atoms with Gasteiger partial charge >= 0.3 is 10.4 Å². The van der Waals surface area contributed by atoms with E-state index in [9.17, 15) is 38.7 Å². The summed E-state index contributed by atoms with van der Waals surface area (Å²) < 4.78 is 47.5. The summed E-state index contributed by atoms with van der Waals surface area (Å²) in [6, 6.07) is 9.42. The molecule has 1 fully saturated rings. The average molecular weight is 498 g/mol. The third-order valence-electron chi connectivity index (χ3n) is 5.74. The molecule has 0 spiro atoms. The van der Waals surface area contributed by atoms with Crippen LogP contribution in [0.15, 0.2) is 36.4 Å². The predicted molar refractivity (Wildman–Crippen MR) is 112 cm³/mol. The summed E-state index contributed by atoms with van der Waals surface area (Å²) >= 11 is 0. The number of phenols is 2. The van der Waals surface area contributed by atoms with E-state index in [0.29, 0.717) is 5.56 Å². The molecular formula is C21H22O12S. The van der Waals surface area contributed by atoms with Crippen molar-refractivity contribution in [3.8, 4) is 17.2 Å². The second kappa shape index (κ2) is 9.11. The van der Waals surface area contributed by atoms with Crippen LogP contribution in [-0.4, -0.2) is 75.3 Å². The van der Waals surface area contributed by atoms with Crippen molar-refractivity contribution in [3.63, 3.8) is 0 Å². The molecule has 1 saturated heterocycles. The lowest BCUT2D eigenvalue weighted by molar-refractivity contribution is -0.226. The number of rotatable bonds is 5. The van der Waals surface area contributed by atoms with Crippen molar-refractivity contribution in [1.82, 2.24) is 0 Å². The lowest BCUT2D eigenvalue weighted by Gasteiger charge is -2.42. The number of hydrogen-bond acceptors (Lipinski definition) is 11. The molecule has 184 valence electrons. The van der Waals surface area contributed by atoms with Crippen molar-refractivity contribution in [2.45, 2.75) is 43.0 Å². The molecule has 12 nitrogen and oxygen atoms in total. The molecule has 34 heavy (non-hydrogen) atoms. The fourth-order valence-electron chi connectivity index (χ4n) is 4.20. The fourth-order valence-corrected chi connectivity index (χ4v) is 4.71. The van der Waals surface area contributed by atoms with Gasteiger partial charge in [-0.25, -0.2) is 4.18 Å². The summed E-state index contributed by atoms with van der Waals surface area (Å²) in [7, 11) is -5.16. The quantitative estimate of drug-likeness (QED) is 0.305. The van der Waals surface area contributed by atoms with Crippen LogP contribution >= 0.6 is 0 Å². The molecule has 0 aromatic heterocycles. The van der Waals surface area contributed by atoms with Crippen molar-refractivity contribution in [2.24, 2.45) is 0 Å². The highest BCUT2D eigenvalue weighted by Gasteiger charge is 2.50. The number of aromatic hydroxyl groups is 2. The van der Waals surface area contributed by atoms with Crippen LogP contribution in [0.25, 0.3) is 0 Å². The summed E-state index contributed by atoms with van der Waals surface area (Å²) in [6.07, 6.45) is -10.1. The van der Waals surface area contributed by atoms with E-state index in [1.807, 2.05) is 0 Å². The van der Waals surface area contributed by atoms with E-state index in [0.717, 1.165) is 6.07 Å². The van der Waals surface area contributed by atoms with Crippen LogP contribution in [0.5, 0.6) is 17.2 Å². The van der Waals surface area contributed by atoms with Crippen molar-refractivity contribution in [3.05, 3.63) is 53.1 Å². The van der Waals surface area contributed by atoms with Gasteiger partial charge in [-0.05, 0) is 5.56 Å². The van der Waals surface area contributed by atoms with E-state index in [1.54, 1.807) is 30.3 Å². The van der Waals surface area contributed by atoms with E-state index in [-0.39, 0.29) is 23.3 Å². The van der Waals surface area contributed by atoms with Gasteiger partial charge in [-0.2, -0.15) is 8.42 Å². The van der Waals surface area contributed by atoms with Gasteiger partial charge in [-0.3, -0.25) is 9.35 Å². The SMILES string of the molecule is O=C1CC(c2ccccc2)Oc2c1c(O)cc(O)c2C1OC(CO)C(O)C(OS(=O)(=O)O)C1O. The molecule has 0 amide bonds. The van der Waals surface area contributed by atoms with Gasteiger partial charge in [-0.1, -0.05) is 30.3 Å². The number of carbonyl (C=O) groups excluding carboxylic acids is 1. The smallest absolute Gasteiger partial charge is 0.397 e. The molecule has 2 aromatic rings. The van der Waals surface area contributed by atoms with Gasteiger partial charge < -0.3 is 35.0 Å². The molecule has 2 aromatic carbocycles. The number of fused-ring (bicyclic) bond motifs is 1. The van der Waals surface area contributed by atoms with Crippen LogP contribution in [0, 0.1) is 0 Å². The number of carbonyl (C=O) groups is 1. The van der Waals surface area contributed by atoms with Gasteiger partial charge in [0.05, 0.1) is 18.6 Å². The van der Waals surface area contributed by atoms with Gasteiger partial charge in [0.1, 0.15) is 59.4 Å². The highest BCUT2D eigenvalue weighted by atomic mass is 32.3. The maximum absolute atomic E-state index is 12.9. The van der Waals surface area contributed by atoms with Crippen LogP contribution < -0.4 is 4.74 Å². The van der Waals surface area contributed by atoms with E-state index in [4.69, 9.17) is 14.0 Å². The Bertz CT molecular complexity index is 1180. The Morgan fingerprint density at radius 2 is 1.74 bits per heavy atom. The molecule has 6 N–H and O–H groups in total. The first kappa shape index (κ1) is 24.3. The Morgan fingerprint density at radius 3 is 2.35 bits per heavy atom. The minimum absolute atomic E-state index is 0.144. The summed E-state index contributed by atoms with van der Waals surface area (Å²) in [4.78, 5) is 12.9. The zero-order chi connectivity index (χ0) is 24.8. The highest BCUT2D eigenvalue weighted by Crippen LogP contribution is 2.50. The largest absolute Gasteiger partial charge is 0.507 e. The average Bonchev–Trinajstić information content (AvgIpc) is 2.77. The zero-order valence-corrected chi connectivity index (χ0v) is 18.2. The van der Waals surface area contributed by atoms with Crippen molar-refractivity contribution in [2.75, 3.05) is 6.61 Å². The third-order valence-corrected chi connectivity index (χ3v) is 6.21. The predicted octanol–water partition coefficient (Wildman–Crippen LogP) is 0.146. The van der Waals surface area contributed by atoms with Crippen LogP contribution in [0.2, 0.25) is 0 Å². The van der Waals surface area contributed by atoms with Gasteiger partial charge in [-0.15, -0.1) is 0 Å². The fraction of sp³-hybridized carbons (Fsp3) is 0.381. The van der Waals surface area contributed by atoms with Crippen LogP contribution in [0.4, 0.5) is 0 Å². The number of hydrogen-bond donors (Lipinski definition) is 6. The monoisotopic (exact) mass is 498 g/mol. The molecular weight excluding hydrogens is 476 g/mol. The maximum Gasteiger partial charge on any atom is 0.397 e. The van der Waals surface area contributed by atoms with Crippen molar-refractivity contribution in [1.29, 1.82) is 0 Å². The topological polar surface area (TPSA) is 200 Å². The molecule has 6 unspecified atom stereocenters. The molecule has 4 rings (SSSR count). The number of ketones is 1. The molecule has 2 aliphatic heterocycles. The van der Waals surface area contributed by atoms with Crippen LogP contribution in [0.3, 0.4) is 0 Å². The lowest BCUT2D eigenvalue weighted by Crippen LogP contribution is -2.56. The standard InChI is InChI=1S/C21H22O12S/c22-8-14-17(26)21(33-34(28,29)30)18(27)20(32-14)16-11(24)6-10(23)15-12(25)7-13(31-19(15)16)9-4-2-1-3-5-9/h1-6,13-14,17-18,20-24,26-27H,7-8H2,(H,28,29,30). The van der Waals surface area contributed by atoms with E-state index in [1.165, 1.54) is 0 Å². The zero-order valence-electron chi connectivity index (χ0n) is 17.4. The molecule has 0 radical (unpaired) electrons. The maximum atomic E-state index is 12.9. The summed E-state index contributed by atoms with van der Waals surface area (Å²) in [6.45, 7) is -0.858. The summed E-state index contributed by atoms with van der Waals surface area (Å²) in [5, 5.41) is 51.6. The molecule has 0 aliphatic carbocycles. The molecule has 0 saturated carbocycles. The summed E-state index contributed by atoms with van der Waals surface area (Å²) in [5.41, 5.74) is -0.0325. The van der Waals surface area contributed by atoms with Gasteiger partial charge in [0.25, 0.3) is 0 Å². The van der Waals surface area contributed by atoms with E-state index < -0.39 is 70.9 Å². The van der Waals surface area contributed by atoms with Crippen LogP contribution in [0.1, 0.15) is 40.1 Å². The highest BCUT2D eigenvalue weighted by molar-refractivity contribution is 7.80. The molecule has 13 heteroatoms. The summed E-state index contributed by atoms with van der Waals surface area (Å²) in [5.74, 6) is -2.14. The number of aliphatic hydroxyl groups is 3. The third kappa shape index (κ3) is 4.46. The van der Waals surface area contributed by atoms with Gasteiger partial charge in [0, 0.05) is 6.07 Å². The molecule has 2 aliphatic rings. The number of Topliss-reactive ketones (excluding diaryl/α,β-unsaturated/α-hetero) is 1. The molecule has 0 bridgehead atoms. The van der Waals surface area contributed by atoms with Crippen molar-refractivity contribution < 1.29 is 57.0 Å². The van der Waals surface area contributed by atoms with Crippen LogP contribution in [-0.2, 0) is 19.3 Å². The number of phenolic OH excluding ortho intramolecular Hbond substituents is 2. The Labute approximate surface area is 193 Å². The Morgan fingerprint density at radius 1 is 1.06 bits per heavy atom. The van der Waals surface area contributed by atoms with E-state index in [2.05, 4.69) is 4.18 Å². The lowest BCUT2D eigenvalue weighted by atomic mass is 9.87. The first-order valence-corrected chi connectivity index (χ1v) is 11.5. The van der Waals surface area contributed by atoms with Gasteiger partial charge in [0.2, 0.25) is 0 Å². The second-order valence-corrected chi connectivity index (χ2v) is 8.97. The first-order valence-electron chi connectivity index (χ1n) is 10.1. The second-order valence-electron chi connectivity index (χ2n) is 7.92. The molecule has 2 heterocycles.